The van der Waals surface area contributed by atoms with Crippen molar-refractivity contribution in [2.45, 2.75) is 25.7 Å². The van der Waals surface area contributed by atoms with Crippen LogP contribution in [0.4, 0.5) is 9.52 Å². The van der Waals surface area contributed by atoms with Gasteiger partial charge in [0.15, 0.2) is 5.13 Å². The van der Waals surface area contributed by atoms with Crippen molar-refractivity contribution >= 4 is 28.3 Å². The van der Waals surface area contributed by atoms with Gasteiger partial charge < -0.3 is 10.4 Å². The topological polar surface area (TPSA) is 103 Å². The fourth-order valence-electron chi connectivity index (χ4n) is 3.11. The standard InChI is InChI=1S/C18H16FN3O3S/c19-13-6-4-10(5-7-13)15-14(9-20)26-18(21-15)22-16(23)11-2-1-3-12(8-11)17(24)25/h4-7,11-12H,1-3,8H2,(H,24,25)(H,21,22,23). The second-order valence-electron chi connectivity index (χ2n) is 6.20. The van der Waals surface area contributed by atoms with Gasteiger partial charge in [0.1, 0.15) is 22.5 Å². The number of hydrogen-bond acceptors (Lipinski definition) is 5. The smallest absolute Gasteiger partial charge is 0.306 e. The number of carbonyl (C=O) groups excluding carboxylic acids is 1. The van der Waals surface area contributed by atoms with Crippen LogP contribution >= 0.6 is 11.3 Å². The summed E-state index contributed by atoms with van der Waals surface area (Å²) in [5, 5.41) is 21.4. The van der Waals surface area contributed by atoms with Gasteiger partial charge in [-0.25, -0.2) is 9.37 Å². The SMILES string of the molecule is N#Cc1sc(NC(=O)C2CCCC(C(=O)O)C2)nc1-c1ccc(F)cc1. The van der Waals surface area contributed by atoms with E-state index in [9.17, 15) is 19.2 Å². The van der Waals surface area contributed by atoms with E-state index < -0.39 is 11.9 Å². The van der Waals surface area contributed by atoms with Crippen molar-refractivity contribution in [3.05, 3.63) is 35.0 Å². The highest BCUT2D eigenvalue weighted by atomic mass is 32.1. The van der Waals surface area contributed by atoms with E-state index in [0.717, 1.165) is 11.3 Å². The van der Waals surface area contributed by atoms with Gasteiger partial charge in [0.25, 0.3) is 0 Å². The molecule has 0 saturated heterocycles. The minimum Gasteiger partial charge on any atom is -0.481 e. The second kappa shape index (κ2) is 7.62. The molecule has 0 spiro atoms. The van der Waals surface area contributed by atoms with Gasteiger partial charge in [-0.05, 0) is 43.5 Å². The van der Waals surface area contributed by atoms with Crippen LogP contribution < -0.4 is 5.32 Å². The molecule has 1 amide bonds. The minimum absolute atomic E-state index is 0.278. The quantitative estimate of drug-likeness (QED) is 0.851. The molecule has 0 aliphatic heterocycles. The molecule has 2 N–H and O–H groups in total. The lowest BCUT2D eigenvalue weighted by molar-refractivity contribution is -0.143. The summed E-state index contributed by atoms with van der Waals surface area (Å²) >= 11 is 1.04. The van der Waals surface area contributed by atoms with Crippen molar-refractivity contribution in [3.8, 4) is 17.3 Å². The third-order valence-corrected chi connectivity index (χ3v) is 5.35. The van der Waals surface area contributed by atoms with Crippen LogP contribution in [0, 0.1) is 29.0 Å². The molecular formula is C18H16FN3O3S. The molecule has 1 aliphatic carbocycles. The summed E-state index contributed by atoms with van der Waals surface area (Å²) in [5.41, 5.74) is 0.975. The molecule has 1 heterocycles. The number of nitrogens with one attached hydrogen (secondary N) is 1. The average Bonchev–Trinajstić information content (AvgIpc) is 3.05. The maximum absolute atomic E-state index is 13.1. The van der Waals surface area contributed by atoms with Crippen LogP contribution in [0.1, 0.15) is 30.6 Å². The number of anilines is 1. The molecule has 0 radical (unpaired) electrons. The molecule has 8 heteroatoms. The van der Waals surface area contributed by atoms with E-state index in [1.54, 1.807) is 0 Å². The number of hydrogen-bond donors (Lipinski definition) is 2. The summed E-state index contributed by atoms with van der Waals surface area (Å²) in [7, 11) is 0. The number of rotatable bonds is 4. The zero-order valence-corrected chi connectivity index (χ0v) is 14.6. The Balaban J connectivity index is 1.76. The van der Waals surface area contributed by atoms with Gasteiger partial charge in [0, 0.05) is 11.5 Å². The lowest BCUT2D eigenvalue weighted by Gasteiger charge is -2.25. The third-order valence-electron chi connectivity index (χ3n) is 4.47. The largest absolute Gasteiger partial charge is 0.481 e. The van der Waals surface area contributed by atoms with Crippen LogP contribution in [-0.4, -0.2) is 22.0 Å². The molecule has 134 valence electrons. The number of amides is 1. The molecule has 0 bridgehead atoms. The maximum Gasteiger partial charge on any atom is 0.306 e. The highest BCUT2D eigenvalue weighted by Gasteiger charge is 2.31. The molecule has 3 rings (SSSR count). The van der Waals surface area contributed by atoms with Crippen LogP contribution in [0.2, 0.25) is 0 Å². The van der Waals surface area contributed by atoms with E-state index >= 15 is 0 Å². The monoisotopic (exact) mass is 373 g/mol. The molecule has 6 nitrogen and oxygen atoms in total. The van der Waals surface area contributed by atoms with Crippen molar-refractivity contribution in [1.29, 1.82) is 5.26 Å². The molecule has 2 unspecified atom stereocenters. The summed E-state index contributed by atoms with van der Waals surface area (Å²) in [6.07, 6.45) is 2.22. The Kier molecular flexibility index (Phi) is 5.28. The van der Waals surface area contributed by atoms with Crippen LogP contribution in [0.3, 0.4) is 0 Å². The summed E-state index contributed by atoms with van der Waals surface area (Å²) in [5.74, 6) is -2.42. The van der Waals surface area contributed by atoms with Gasteiger partial charge in [-0.1, -0.05) is 17.8 Å². The highest BCUT2D eigenvalue weighted by Crippen LogP contribution is 2.33. The molecule has 1 fully saturated rings. The summed E-state index contributed by atoms with van der Waals surface area (Å²) in [6.45, 7) is 0. The number of carboxylic acid groups (broad SMARTS) is 1. The van der Waals surface area contributed by atoms with E-state index in [0.29, 0.717) is 41.8 Å². The van der Waals surface area contributed by atoms with Crippen molar-refractivity contribution in [1.82, 2.24) is 4.98 Å². The summed E-state index contributed by atoms with van der Waals surface area (Å²) < 4.78 is 13.1. The number of nitriles is 1. The first kappa shape index (κ1) is 18.0. The van der Waals surface area contributed by atoms with E-state index in [-0.39, 0.29) is 22.8 Å². The van der Waals surface area contributed by atoms with E-state index in [4.69, 9.17) is 5.11 Å². The van der Waals surface area contributed by atoms with Gasteiger partial charge in [-0.2, -0.15) is 5.26 Å². The van der Waals surface area contributed by atoms with Crippen molar-refractivity contribution in [2.75, 3.05) is 5.32 Å². The van der Waals surface area contributed by atoms with Crippen LogP contribution in [-0.2, 0) is 9.59 Å². The Morgan fingerprint density at radius 3 is 2.62 bits per heavy atom. The summed E-state index contributed by atoms with van der Waals surface area (Å²) in [4.78, 5) is 28.2. The van der Waals surface area contributed by atoms with Crippen molar-refractivity contribution < 1.29 is 19.1 Å². The van der Waals surface area contributed by atoms with E-state index in [1.807, 2.05) is 6.07 Å². The maximum atomic E-state index is 13.1. The molecule has 1 aromatic carbocycles. The van der Waals surface area contributed by atoms with Crippen LogP contribution in [0.25, 0.3) is 11.3 Å². The van der Waals surface area contributed by atoms with Gasteiger partial charge >= 0.3 is 5.97 Å². The second-order valence-corrected chi connectivity index (χ2v) is 7.20. The van der Waals surface area contributed by atoms with Gasteiger partial charge in [0.05, 0.1) is 5.92 Å². The molecule has 1 aromatic heterocycles. The molecule has 26 heavy (non-hydrogen) atoms. The first-order valence-electron chi connectivity index (χ1n) is 8.18. The summed E-state index contributed by atoms with van der Waals surface area (Å²) in [6, 6.07) is 7.64. The third kappa shape index (κ3) is 3.89. The molecule has 1 saturated carbocycles. The van der Waals surface area contributed by atoms with Gasteiger partial charge in [-0.3, -0.25) is 9.59 Å². The molecule has 1 aliphatic rings. The van der Waals surface area contributed by atoms with Gasteiger partial charge in [0.2, 0.25) is 5.91 Å². The van der Waals surface area contributed by atoms with Crippen molar-refractivity contribution in [3.63, 3.8) is 0 Å². The highest BCUT2D eigenvalue weighted by molar-refractivity contribution is 7.16. The predicted octanol–water partition coefficient (Wildman–Crippen LogP) is 3.65. The average molecular weight is 373 g/mol. The fourth-order valence-corrected chi connectivity index (χ4v) is 3.90. The fraction of sp³-hybridized carbons (Fsp3) is 0.333. The number of halogens is 1. The number of aromatic nitrogens is 1. The Hall–Kier alpha value is -2.79. The predicted molar refractivity (Wildman–Crippen MR) is 93.9 cm³/mol. The zero-order valence-electron chi connectivity index (χ0n) is 13.7. The van der Waals surface area contributed by atoms with Crippen LogP contribution in [0.15, 0.2) is 24.3 Å². The number of thiazole rings is 1. The number of carboxylic acids is 1. The number of nitrogens with zero attached hydrogens (tertiary/aromatic N) is 2. The Morgan fingerprint density at radius 2 is 1.96 bits per heavy atom. The lowest BCUT2D eigenvalue weighted by atomic mass is 9.81. The normalized spacial score (nSPS) is 19.5. The molecule has 2 aromatic rings. The zero-order chi connectivity index (χ0) is 18.7. The molecular weight excluding hydrogens is 357 g/mol. The lowest BCUT2D eigenvalue weighted by Crippen LogP contribution is -2.30. The van der Waals surface area contributed by atoms with E-state index in [2.05, 4.69) is 10.3 Å². The van der Waals surface area contributed by atoms with E-state index in [1.165, 1.54) is 24.3 Å². The Labute approximate surface area is 153 Å². The molecule has 2 atom stereocenters. The Bertz CT molecular complexity index is 873. The van der Waals surface area contributed by atoms with Crippen molar-refractivity contribution in [2.24, 2.45) is 11.8 Å². The first-order valence-corrected chi connectivity index (χ1v) is 9.00. The van der Waals surface area contributed by atoms with Crippen LogP contribution in [0.5, 0.6) is 0 Å². The first-order chi connectivity index (χ1) is 12.5. The van der Waals surface area contributed by atoms with Gasteiger partial charge in [-0.15, -0.1) is 0 Å². The number of carbonyl (C=O) groups is 2. The number of aliphatic carboxylic acids is 1. The minimum atomic E-state index is -0.873. The number of benzene rings is 1. The Morgan fingerprint density at radius 1 is 1.27 bits per heavy atom.